The van der Waals surface area contributed by atoms with Gasteiger partial charge in [-0.15, -0.1) is 0 Å². The fourth-order valence-electron chi connectivity index (χ4n) is 3.06. The molecule has 0 aliphatic rings. The number of amides is 4. The van der Waals surface area contributed by atoms with E-state index in [9.17, 15) is 24.0 Å². The smallest absolute Gasteiger partial charge is 0.328 e. The number of aliphatic hydroxyl groups is 1. The number of hydrogen-bond acceptors (Lipinski definition) is 9. The minimum Gasteiger partial charge on any atom is -0.480 e. The average molecular weight is 527 g/mol. The van der Waals surface area contributed by atoms with Gasteiger partial charge < -0.3 is 54.1 Å². The molecule has 4 amide bonds. The molecule has 0 saturated heterocycles. The van der Waals surface area contributed by atoms with E-state index < -0.39 is 60.4 Å². The first-order chi connectivity index (χ1) is 17.4. The number of nitrogens with one attached hydrogen (secondary N) is 4. The van der Waals surface area contributed by atoms with E-state index in [4.69, 9.17) is 33.1 Å². The van der Waals surface area contributed by atoms with Crippen molar-refractivity contribution in [2.24, 2.45) is 27.9 Å². The van der Waals surface area contributed by atoms with Crippen molar-refractivity contribution in [3.8, 4) is 0 Å². The van der Waals surface area contributed by atoms with Gasteiger partial charge in [0.05, 0.1) is 19.0 Å². The van der Waals surface area contributed by atoms with Gasteiger partial charge in [-0.1, -0.05) is 0 Å². The molecule has 1 aromatic heterocycles. The van der Waals surface area contributed by atoms with Gasteiger partial charge in [0.1, 0.15) is 18.1 Å². The Bertz CT molecular complexity index is 949. The highest BCUT2D eigenvalue weighted by molar-refractivity contribution is 5.94. The van der Waals surface area contributed by atoms with Gasteiger partial charge in [0.2, 0.25) is 23.6 Å². The molecule has 0 aromatic carbocycles. The molecule has 0 aliphatic carbocycles. The molecule has 14 N–H and O–H groups in total. The normalized spacial score (nSPS) is 13.9. The van der Waals surface area contributed by atoms with Crippen LogP contribution < -0.4 is 38.9 Å². The number of carbonyl (C=O) groups is 5. The van der Waals surface area contributed by atoms with Gasteiger partial charge in [-0.05, 0) is 19.3 Å². The third-order valence-electron chi connectivity index (χ3n) is 5.02. The third-order valence-corrected chi connectivity index (χ3v) is 5.02. The highest BCUT2D eigenvalue weighted by Gasteiger charge is 2.30. The maximum atomic E-state index is 13.1. The molecule has 206 valence electrons. The van der Waals surface area contributed by atoms with E-state index in [1.54, 1.807) is 0 Å². The zero-order valence-corrected chi connectivity index (χ0v) is 20.1. The highest BCUT2D eigenvalue weighted by Crippen LogP contribution is 2.05. The number of rotatable bonds is 17. The molecular formula is C20H34N10O7. The zero-order valence-electron chi connectivity index (χ0n) is 20.1. The standard InChI is InChI=1S/C20H34N10O7/c21-11(6-10-7-25-9-27-10)16(33)28-12(2-1-5-26-20(23)24)17(34)29-13(3-4-15(22)32)18(35)30-14(8-31)19(36)37/h7,9,11-14,31H,1-6,8,21H2,(H2,22,32)(H,25,27)(H,28,33)(H,29,34)(H,30,35)(H,36,37)(H4,23,24,26). The first-order valence-corrected chi connectivity index (χ1v) is 11.3. The number of primary amides is 1. The number of carbonyl (C=O) groups excluding carboxylic acids is 4. The lowest BCUT2D eigenvalue weighted by Crippen LogP contribution is -2.57. The zero-order chi connectivity index (χ0) is 28.0. The second-order valence-electron chi connectivity index (χ2n) is 8.05. The quantitative estimate of drug-likeness (QED) is 0.0521. The van der Waals surface area contributed by atoms with Crippen molar-refractivity contribution < 1.29 is 34.2 Å². The summed E-state index contributed by atoms with van der Waals surface area (Å²) in [4.78, 5) is 71.2. The van der Waals surface area contributed by atoms with Gasteiger partial charge in [-0.3, -0.25) is 24.2 Å². The lowest BCUT2D eigenvalue weighted by atomic mass is 10.1. The summed E-state index contributed by atoms with van der Waals surface area (Å²) in [5, 5.41) is 25.2. The Morgan fingerprint density at radius 2 is 1.57 bits per heavy atom. The third kappa shape index (κ3) is 11.8. The van der Waals surface area contributed by atoms with Crippen LogP contribution in [-0.4, -0.2) is 93.1 Å². The summed E-state index contributed by atoms with van der Waals surface area (Å²) in [7, 11) is 0. The first-order valence-electron chi connectivity index (χ1n) is 11.3. The van der Waals surface area contributed by atoms with Gasteiger partial charge in [-0.2, -0.15) is 0 Å². The molecule has 0 spiro atoms. The Balaban J connectivity index is 3.00. The molecule has 0 fully saturated rings. The predicted octanol–water partition coefficient (Wildman–Crippen LogP) is -4.87. The van der Waals surface area contributed by atoms with Gasteiger partial charge in [0, 0.05) is 31.3 Å². The van der Waals surface area contributed by atoms with Crippen molar-refractivity contribution >= 4 is 35.6 Å². The Hall–Kier alpha value is -4.25. The maximum Gasteiger partial charge on any atom is 0.328 e. The van der Waals surface area contributed by atoms with E-state index in [0.29, 0.717) is 5.69 Å². The van der Waals surface area contributed by atoms with E-state index in [1.807, 2.05) is 0 Å². The van der Waals surface area contributed by atoms with E-state index in [-0.39, 0.29) is 44.6 Å². The number of nitrogens with two attached hydrogens (primary N) is 4. The summed E-state index contributed by atoms with van der Waals surface area (Å²) in [6, 6.07) is -5.27. The van der Waals surface area contributed by atoms with Crippen LogP contribution in [0.25, 0.3) is 0 Å². The number of aromatic amines is 1. The van der Waals surface area contributed by atoms with E-state index in [1.165, 1.54) is 12.5 Å². The van der Waals surface area contributed by atoms with E-state index in [0.717, 1.165) is 0 Å². The molecule has 37 heavy (non-hydrogen) atoms. The van der Waals surface area contributed by atoms with Crippen molar-refractivity contribution in [3.05, 3.63) is 18.2 Å². The summed E-state index contributed by atoms with van der Waals surface area (Å²) in [6.45, 7) is -0.764. The molecule has 1 aromatic rings. The van der Waals surface area contributed by atoms with Crippen molar-refractivity contribution in [2.45, 2.75) is 56.3 Å². The monoisotopic (exact) mass is 526 g/mol. The number of H-pyrrole nitrogens is 1. The van der Waals surface area contributed by atoms with Crippen molar-refractivity contribution in [1.82, 2.24) is 25.9 Å². The number of hydrogen-bond donors (Lipinski definition) is 10. The van der Waals surface area contributed by atoms with E-state index >= 15 is 0 Å². The van der Waals surface area contributed by atoms with Crippen LogP contribution in [0.3, 0.4) is 0 Å². The highest BCUT2D eigenvalue weighted by atomic mass is 16.4. The Morgan fingerprint density at radius 3 is 2.08 bits per heavy atom. The summed E-state index contributed by atoms with van der Waals surface area (Å²) in [5.41, 5.74) is 22.3. The number of aliphatic imine (C=N–C) groups is 1. The largest absolute Gasteiger partial charge is 0.480 e. The fraction of sp³-hybridized carbons (Fsp3) is 0.550. The second-order valence-corrected chi connectivity index (χ2v) is 8.05. The summed E-state index contributed by atoms with van der Waals surface area (Å²) >= 11 is 0. The lowest BCUT2D eigenvalue weighted by Gasteiger charge is -2.24. The number of aliphatic carboxylic acids is 1. The minimum absolute atomic E-state index is 0.0453. The molecular weight excluding hydrogens is 492 g/mol. The van der Waals surface area contributed by atoms with Crippen molar-refractivity contribution in [3.63, 3.8) is 0 Å². The minimum atomic E-state index is -1.64. The Kier molecular flexibility index (Phi) is 13.0. The van der Waals surface area contributed by atoms with Gasteiger partial charge in [0.25, 0.3) is 0 Å². The van der Waals surface area contributed by atoms with Gasteiger partial charge in [0.15, 0.2) is 5.96 Å². The maximum absolute atomic E-state index is 13.1. The van der Waals surface area contributed by atoms with Crippen LogP contribution in [0.5, 0.6) is 0 Å². The summed E-state index contributed by atoms with van der Waals surface area (Å²) in [6.07, 6.45) is 2.74. The van der Waals surface area contributed by atoms with Crippen LogP contribution >= 0.6 is 0 Å². The molecule has 1 heterocycles. The van der Waals surface area contributed by atoms with Crippen LogP contribution in [-0.2, 0) is 30.4 Å². The topological polar surface area (TPSA) is 307 Å². The molecule has 17 heteroatoms. The van der Waals surface area contributed by atoms with Crippen LogP contribution in [0.4, 0.5) is 0 Å². The molecule has 1 rings (SSSR count). The number of aliphatic hydroxyl groups excluding tert-OH is 1. The molecule has 4 unspecified atom stereocenters. The number of carboxylic acid groups (broad SMARTS) is 1. The Morgan fingerprint density at radius 1 is 0.973 bits per heavy atom. The number of guanidine groups is 1. The van der Waals surface area contributed by atoms with Crippen molar-refractivity contribution in [1.29, 1.82) is 0 Å². The number of imidazole rings is 1. The number of aromatic nitrogens is 2. The van der Waals surface area contributed by atoms with E-state index in [2.05, 4.69) is 30.9 Å². The Labute approximate surface area is 211 Å². The SMILES string of the molecule is NC(=O)CCC(NC(=O)C(CCCN=C(N)N)NC(=O)C(N)Cc1cnc[nH]1)C(=O)NC(CO)C(=O)O. The van der Waals surface area contributed by atoms with Crippen LogP contribution in [0.1, 0.15) is 31.4 Å². The second kappa shape index (κ2) is 15.7. The molecule has 0 bridgehead atoms. The lowest BCUT2D eigenvalue weighted by molar-refractivity contribution is -0.143. The fourth-order valence-corrected chi connectivity index (χ4v) is 3.06. The average Bonchev–Trinajstić information content (AvgIpc) is 3.33. The van der Waals surface area contributed by atoms with Crippen LogP contribution in [0.15, 0.2) is 17.5 Å². The first kappa shape index (κ1) is 30.8. The molecule has 4 atom stereocenters. The molecule has 0 saturated carbocycles. The number of carboxylic acids is 1. The predicted molar refractivity (Wildman–Crippen MR) is 129 cm³/mol. The summed E-state index contributed by atoms with van der Waals surface area (Å²) < 4.78 is 0. The van der Waals surface area contributed by atoms with Crippen LogP contribution in [0.2, 0.25) is 0 Å². The molecule has 0 radical (unpaired) electrons. The number of nitrogens with zero attached hydrogens (tertiary/aromatic N) is 2. The van der Waals surface area contributed by atoms with Gasteiger partial charge in [-0.25, -0.2) is 9.78 Å². The summed E-state index contributed by atoms with van der Waals surface area (Å²) in [5.74, 6) is -4.89. The van der Waals surface area contributed by atoms with Gasteiger partial charge >= 0.3 is 5.97 Å². The van der Waals surface area contributed by atoms with Crippen LogP contribution in [0, 0.1) is 0 Å². The molecule has 0 aliphatic heterocycles. The van der Waals surface area contributed by atoms with Crippen molar-refractivity contribution in [2.75, 3.05) is 13.2 Å². The molecule has 17 nitrogen and oxygen atoms in total.